The van der Waals surface area contributed by atoms with Gasteiger partial charge in [0, 0.05) is 36.1 Å². The first-order valence-corrected chi connectivity index (χ1v) is 12.7. The molecule has 0 spiro atoms. The van der Waals surface area contributed by atoms with Crippen molar-refractivity contribution >= 4 is 34.2 Å². The molecule has 1 saturated heterocycles. The van der Waals surface area contributed by atoms with E-state index in [0.717, 1.165) is 46.7 Å². The van der Waals surface area contributed by atoms with Crippen LogP contribution in [-0.2, 0) is 4.74 Å². The molecule has 2 aliphatic rings. The lowest BCUT2D eigenvalue weighted by atomic mass is 10.0. The molecule has 194 valence electrons. The van der Waals surface area contributed by atoms with Gasteiger partial charge < -0.3 is 29.1 Å². The highest BCUT2D eigenvalue weighted by molar-refractivity contribution is 6.16. The summed E-state index contributed by atoms with van der Waals surface area (Å²) in [6.07, 6.45) is 1.13. The maximum absolute atomic E-state index is 6.13. The molecular weight excluding hydrogens is 494 g/mol. The topological polar surface area (TPSA) is 114 Å². The molecule has 5 aromatic rings. The summed E-state index contributed by atoms with van der Waals surface area (Å²) in [4.78, 5) is 11.6. The van der Waals surface area contributed by atoms with E-state index >= 15 is 0 Å². The quantitative estimate of drug-likeness (QED) is 0.334. The summed E-state index contributed by atoms with van der Waals surface area (Å²) in [5.74, 6) is 0.726. The van der Waals surface area contributed by atoms with Crippen LogP contribution < -0.4 is 15.5 Å². The monoisotopic (exact) mass is 519 g/mol. The minimum absolute atomic E-state index is 0.196. The zero-order chi connectivity index (χ0) is 26.2. The number of aliphatic imine (C=N–C) groups is 1. The molecule has 0 aliphatic carbocycles. The third-order valence-electron chi connectivity index (χ3n) is 6.76. The number of hydrogen-bond acceptors (Lipinski definition) is 10. The Bertz CT molecular complexity index is 1690. The van der Waals surface area contributed by atoms with E-state index in [9.17, 15) is 0 Å². The van der Waals surface area contributed by atoms with Crippen LogP contribution in [0, 0.1) is 0 Å². The molecule has 5 heterocycles. The van der Waals surface area contributed by atoms with Crippen molar-refractivity contribution in [3.63, 3.8) is 0 Å². The van der Waals surface area contributed by atoms with Gasteiger partial charge in [-0.3, -0.25) is 4.99 Å². The van der Waals surface area contributed by atoms with Gasteiger partial charge in [0.2, 0.25) is 11.5 Å². The van der Waals surface area contributed by atoms with Crippen molar-refractivity contribution in [3.05, 3.63) is 96.3 Å². The SMILES string of the molecule is C=C1Nc2ccccc2C(c2ccccc2)=N[C@@H]1Nc1nnc(-c2oc3ncccc3c2N2CCOCC2)o1. The molecule has 10 nitrogen and oxygen atoms in total. The highest BCUT2D eigenvalue weighted by Gasteiger charge is 2.28. The lowest BCUT2D eigenvalue weighted by molar-refractivity contribution is 0.123. The van der Waals surface area contributed by atoms with Crippen LogP contribution in [0.1, 0.15) is 11.1 Å². The van der Waals surface area contributed by atoms with Crippen LogP contribution >= 0.6 is 0 Å². The fourth-order valence-corrected chi connectivity index (χ4v) is 4.92. The molecule has 2 N–H and O–H groups in total. The molecule has 0 radical (unpaired) electrons. The van der Waals surface area contributed by atoms with Crippen LogP contribution in [0.25, 0.3) is 22.8 Å². The number of aromatic nitrogens is 3. The largest absolute Gasteiger partial charge is 0.430 e. The van der Waals surface area contributed by atoms with E-state index in [0.29, 0.717) is 30.4 Å². The van der Waals surface area contributed by atoms with Crippen LogP contribution in [0.2, 0.25) is 0 Å². The maximum Gasteiger partial charge on any atom is 0.317 e. The molecule has 39 heavy (non-hydrogen) atoms. The summed E-state index contributed by atoms with van der Waals surface area (Å²) >= 11 is 0. The van der Waals surface area contributed by atoms with Gasteiger partial charge in [-0.05, 0) is 18.2 Å². The number of furan rings is 1. The Morgan fingerprint density at radius 3 is 2.62 bits per heavy atom. The molecule has 0 amide bonds. The Balaban J connectivity index is 1.24. The molecule has 0 saturated carbocycles. The van der Waals surface area contributed by atoms with Crippen molar-refractivity contribution in [1.82, 2.24) is 15.2 Å². The summed E-state index contributed by atoms with van der Waals surface area (Å²) in [6.45, 7) is 6.94. The highest BCUT2D eigenvalue weighted by Crippen LogP contribution is 2.40. The number of nitrogens with zero attached hydrogens (tertiary/aromatic N) is 5. The fourth-order valence-electron chi connectivity index (χ4n) is 4.92. The molecule has 1 fully saturated rings. The normalized spacial score (nSPS) is 17.3. The van der Waals surface area contributed by atoms with Crippen LogP contribution in [0.4, 0.5) is 17.4 Å². The van der Waals surface area contributed by atoms with Gasteiger partial charge in [0.1, 0.15) is 0 Å². The maximum atomic E-state index is 6.13. The number of benzene rings is 2. The van der Waals surface area contributed by atoms with Crippen molar-refractivity contribution < 1.29 is 13.6 Å². The van der Waals surface area contributed by atoms with E-state index in [1.54, 1.807) is 6.20 Å². The number of ether oxygens (including phenoxy) is 1. The van der Waals surface area contributed by atoms with E-state index in [4.69, 9.17) is 18.6 Å². The van der Waals surface area contributed by atoms with Gasteiger partial charge >= 0.3 is 6.01 Å². The number of nitrogens with one attached hydrogen (secondary N) is 2. The zero-order valence-corrected chi connectivity index (χ0v) is 21.0. The highest BCUT2D eigenvalue weighted by atomic mass is 16.5. The van der Waals surface area contributed by atoms with Crippen molar-refractivity contribution in [3.8, 4) is 11.7 Å². The number of anilines is 3. The Kier molecular flexibility index (Phi) is 5.78. The van der Waals surface area contributed by atoms with Gasteiger partial charge in [0.25, 0.3) is 5.89 Å². The summed E-state index contributed by atoms with van der Waals surface area (Å²) in [5, 5.41) is 16.1. The van der Waals surface area contributed by atoms with Crippen molar-refractivity contribution in [2.75, 3.05) is 41.8 Å². The molecule has 3 aromatic heterocycles. The fraction of sp³-hybridized carbons (Fsp3) is 0.172. The molecule has 0 bridgehead atoms. The first-order valence-electron chi connectivity index (χ1n) is 12.7. The second kappa shape index (κ2) is 9.73. The van der Waals surface area contributed by atoms with Gasteiger partial charge in [-0.15, -0.1) is 5.10 Å². The van der Waals surface area contributed by atoms with Crippen LogP contribution in [0.3, 0.4) is 0 Å². The molecule has 7 rings (SSSR count). The van der Waals surface area contributed by atoms with Gasteiger partial charge in [-0.1, -0.05) is 60.2 Å². The average molecular weight is 520 g/mol. The second-order valence-electron chi connectivity index (χ2n) is 9.23. The molecule has 2 aliphatic heterocycles. The van der Waals surface area contributed by atoms with E-state index in [1.807, 2.05) is 66.7 Å². The minimum Gasteiger partial charge on any atom is -0.430 e. The number of fused-ring (bicyclic) bond motifs is 2. The molecule has 2 aromatic carbocycles. The van der Waals surface area contributed by atoms with E-state index in [1.165, 1.54) is 0 Å². The number of benzodiazepines with no additional fused rings is 1. The second-order valence-corrected chi connectivity index (χ2v) is 9.23. The van der Waals surface area contributed by atoms with E-state index < -0.39 is 6.17 Å². The van der Waals surface area contributed by atoms with Crippen molar-refractivity contribution in [2.45, 2.75) is 6.17 Å². The van der Waals surface area contributed by atoms with E-state index in [2.05, 4.69) is 37.3 Å². The first-order chi connectivity index (χ1) is 19.2. The van der Waals surface area contributed by atoms with Crippen molar-refractivity contribution in [1.29, 1.82) is 0 Å². The number of morpholine rings is 1. The third kappa shape index (κ3) is 4.30. The Labute approximate surface area is 224 Å². The Morgan fingerprint density at radius 1 is 0.923 bits per heavy atom. The number of rotatable bonds is 5. The van der Waals surface area contributed by atoms with Crippen molar-refractivity contribution in [2.24, 2.45) is 4.99 Å². The number of para-hydroxylation sites is 1. The minimum atomic E-state index is -0.572. The van der Waals surface area contributed by atoms with Crippen LogP contribution in [-0.4, -0.2) is 53.4 Å². The number of pyridine rings is 1. The van der Waals surface area contributed by atoms with Gasteiger partial charge in [0.05, 0.1) is 35.7 Å². The predicted molar refractivity (Wildman–Crippen MR) is 149 cm³/mol. The smallest absolute Gasteiger partial charge is 0.317 e. The average Bonchev–Trinajstić information content (AvgIpc) is 3.58. The van der Waals surface area contributed by atoms with Crippen LogP contribution in [0.5, 0.6) is 0 Å². The van der Waals surface area contributed by atoms with Gasteiger partial charge in [-0.25, -0.2) is 4.98 Å². The summed E-state index contributed by atoms with van der Waals surface area (Å²) in [5.41, 5.74) is 5.75. The van der Waals surface area contributed by atoms with E-state index in [-0.39, 0.29) is 11.9 Å². The lowest BCUT2D eigenvalue weighted by Crippen LogP contribution is -2.36. The zero-order valence-electron chi connectivity index (χ0n) is 21.0. The molecular formula is C29H25N7O3. The lowest BCUT2D eigenvalue weighted by Gasteiger charge is -2.28. The number of hydrogen-bond donors (Lipinski definition) is 2. The summed E-state index contributed by atoms with van der Waals surface area (Å²) in [6, 6.07) is 22.1. The molecule has 1 atom stereocenters. The third-order valence-corrected chi connectivity index (χ3v) is 6.76. The standard InChI is InChI=1S/C29H25N7O3/c1-18-26(32-23(19-8-3-2-4-9-19)20-10-5-6-12-22(20)31-18)33-29-35-34-28(39-29)25-24(36-14-16-37-17-15-36)21-11-7-13-30-27(21)38-25/h2-13,26,31H,1,14-17H2,(H,33,35)/t26-/m1/s1. The Hall–Kier alpha value is -4.96. The summed E-state index contributed by atoms with van der Waals surface area (Å²) < 4.78 is 17.8. The van der Waals surface area contributed by atoms with Crippen LogP contribution in [0.15, 0.2) is 99.0 Å². The van der Waals surface area contributed by atoms with Gasteiger partial charge in [0.15, 0.2) is 6.17 Å². The summed E-state index contributed by atoms with van der Waals surface area (Å²) in [7, 11) is 0. The predicted octanol–water partition coefficient (Wildman–Crippen LogP) is 4.93. The Morgan fingerprint density at radius 2 is 1.74 bits per heavy atom. The molecule has 10 heteroatoms. The molecule has 0 unspecified atom stereocenters. The first kappa shape index (κ1) is 23.2. The van der Waals surface area contributed by atoms with Gasteiger partial charge in [-0.2, -0.15) is 0 Å².